The summed E-state index contributed by atoms with van der Waals surface area (Å²) in [6, 6.07) is 8.46. The van der Waals surface area contributed by atoms with Crippen molar-refractivity contribution in [1.82, 2.24) is 10.6 Å². The average Bonchev–Trinajstić information content (AvgIpc) is 2.98. The molecule has 6 heteroatoms. The maximum absolute atomic E-state index is 9.26. The molecule has 23 heavy (non-hydrogen) atoms. The monoisotopic (exact) mass is 433 g/mol. The second-order valence-electron chi connectivity index (χ2n) is 6.04. The molecule has 0 bridgehead atoms. The van der Waals surface area contributed by atoms with Gasteiger partial charge < -0.3 is 20.5 Å². The Bertz CT molecular complexity index is 485. The smallest absolute Gasteiger partial charge is 0.191 e. The predicted octanol–water partition coefficient (Wildman–Crippen LogP) is 2.07. The Hall–Kier alpha value is -0.860. The molecular weight excluding hydrogens is 405 g/mol. The molecule has 1 unspecified atom stereocenters. The van der Waals surface area contributed by atoms with Crippen molar-refractivity contribution in [2.24, 2.45) is 10.4 Å². The first-order valence-electron chi connectivity index (χ1n) is 7.86. The number of aliphatic imine (C=N–C) groups is 1. The van der Waals surface area contributed by atoms with Crippen molar-refractivity contribution in [3.05, 3.63) is 35.4 Å². The molecule has 0 spiro atoms. The summed E-state index contributed by atoms with van der Waals surface area (Å²) in [6.07, 6.45) is 1.74. The third-order valence-electron chi connectivity index (χ3n) is 4.26. The van der Waals surface area contributed by atoms with Crippen molar-refractivity contribution in [3.8, 4) is 0 Å². The van der Waals surface area contributed by atoms with Crippen LogP contribution in [0.2, 0.25) is 0 Å². The van der Waals surface area contributed by atoms with Gasteiger partial charge in [-0.15, -0.1) is 24.0 Å². The number of hydrogen-bond acceptors (Lipinski definition) is 3. The van der Waals surface area contributed by atoms with Gasteiger partial charge in [-0.25, -0.2) is 0 Å². The standard InChI is InChI=1S/C17H27N3O2.HI/c1-14-3-5-15(6-4-14)11-19-16(18-2)20-12-17(7-9-21)8-10-22-13-17;/h3-6,21H,7-13H2,1-2H3,(H2,18,19,20);1H. The van der Waals surface area contributed by atoms with Crippen LogP contribution in [0.15, 0.2) is 29.3 Å². The highest BCUT2D eigenvalue weighted by molar-refractivity contribution is 14.0. The molecule has 1 aromatic carbocycles. The van der Waals surface area contributed by atoms with Crippen LogP contribution in [0.1, 0.15) is 24.0 Å². The van der Waals surface area contributed by atoms with Gasteiger partial charge in [0.05, 0.1) is 6.61 Å². The number of benzene rings is 1. The van der Waals surface area contributed by atoms with Gasteiger partial charge in [-0.05, 0) is 25.3 Å². The number of hydrogen-bond donors (Lipinski definition) is 3. The number of ether oxygens (including phenoxy) is 1. The normalized spacial score (nSPS) is 20.9. The molecule has 1 aliphatic rings. The van der Waals surface area contributed by atoms with Crippen LogP contribution in [0.4, 0.5) is 0 Å². The Morgan fingerprint density at radius 2 is 2.04 bits per heavy atom. The van der Waals surface area contributed by atoms with E-state index in [1.807, 2.05) is 0 Å². The van der Waals surface area contributed by atoms with Crippen molar-refractivity contribution < 1.29 is 9.84 Å². The highest BCUT2D eigenvalue weighted by Crippen LogP contribution is 2.31. The van der Waals surface area contributed by atoms with Gasteiger partial charge in [-0.1, -0.05) is 29.8 Å². The molecule has 1 saturated heterocycles. The zero-order valence-corrected chi connectivity index (χ0v) is 16.3. The molecule has 0 radical (unpaired) electrons. The molecule has 3 N–H and O–H groups in total. The summed E-state index contributed by atoms with van der Waals surface area (Å²) < 4.78 is 5.51. The first-order valence-corrected chi connectivity index (χ1v) is 7.86. The van der Waals surface area contributed by atoms with Crippen molar-refractivity contribution in [3.63, 3.8) is 0 Å². The van der Waals surface area contributed by atoms with Crippen LogP contribution in [0.25, 0.3) is 0 Å². The second-order valence-corrected chi connectivity index (χ2v) is 6.04. The first kappa shape index (κ1) is 20.2. The zero-order chi connectivity index (χ0) is 15.8. The molecule has 0 aromatic heterocycles. The van der Waals surface area contributed by atoms with E-state index < -0.39 is 0 Å². The number of halogens is 1. The van der Waals surface area contributed by atoms with E-state index in [4.69, 9.17) is 4.74 Å². The summed E-state index contributed by atoms with van der Waals surface area (Å²) in [7, 11) is 1.77. The lowest BCUT2D eigenvalue weighted by molar-refractivity contribution is 0.127. The average molecular weight is 433 g/mol. The molecule has 2 rings (SSSR count). The Labute approximate surface area is 155 Å². The van der Waals surface area contributed by atoms with Gasteiger partial charge in [-0.2, -0.15) is 0 Å². The van der Waals surface area contributed by atoms with Crippen molar-refractivity contribution in [2.75, 3.05) is 33.4 Å². The summed E-state index contributed by atoms with van der Waals surface area (Å²) >= 11 is 0. The third kappa shape index (κ3) is 6.27. The van der Waals surface area contributed by atoms with Gasteiger partial charge in [0.1, 0.15) is 0 Å². The lowest BCUT2D eigenvalue weighted by atomic mass is 9.84. The van der Waals surface area contributed by atoms with E-state index >= 15 is 0 Å². The topological polar surface area (TPSA) is 65.9 Å². The van der Waals surface area contributed by atoms with Gasteiger partial charge in [0, 0.05) is 38.8 Å². The molecule has 1 fully saturated rings. The van der Waals surface area contributed by atoms with E-state index in [0.717, 1.165) is 38.5 Å². The Kier molecular flexibility index (Phi) is 8.86. The maximum Gasteiger partial charge on any atom is 0.191 e. The van der Waals surface area contributed by atoms with Gasteiger partial charge in [0.15, 0.2) is 5.96 Å². The van der Waals surface area contributed by atoms with Crippen LogP contribution in [-0.4, -0.2) is 44.5 Å². The minimum Gasteiger partial charge on any atom is -0.396 e. The summed E-state index contributed by atoms with van der Waals surface area (Å²) in [5, 5.41) is 15.9. The highest BCUT2D eigenvalue weighted by atomic mass is 127. The first-order chi connectivity index (χ1) is 10.7. The molecule has 130 valence electrons. The second kappa shape index (κ2) is 10.1. The Morgan fingerprint density at radius 1 is 1.30 bits per heavy atom. The fourth-order valence-electron chi connectivity index (χ4n) is 2.70. The van der Waals surface area contributed by atoms with Gasteiger partial charge >= 0.3 is 0 Å². The number of rotatable bonds is 6. The molecule has 0 saturated carbocycles. The van der Waals surface area contributed by atoms with Crippen molar-refractivity contribution in [2.45, 2.75) is 26.3 Å². The predicted molar refractivity (Wildman–Crippen MR) is 104 cm³/mol. The zero-order valence-electron chi connectivity index (χ0n) is 14.0. The molecule has 0 amide bonds. The maximum atomic E-state index is 9.26. The summed E-state index contributed by atoms with van der Waals surface area (Å²) in [6.45, 7) is 5.26. The van der Waals surface area contributed by atoms with Crippen molar-refractivity contribution in [1.29, 1.82) is 0 Å². The molecule has 1 atom stereocenters. The fourth-order valence-corrected chi connectivity index (χ4v) is 2.70. The molecule has 1 heterocycles. The van der Waals surface area contributed by atoms with E-state index in [-0.39, 0.29) is 36.0 Å². The van der Waals surface area contributed by atoms with Crippen LogP contribution >= 0.6 is 24.0 Å². The van der Waals surface area contributed by atoms with E-state index in [1.54, 1.807) is 7.05 Å². The summed E-state index contributed by atoms with van der Waals surface area (Å²) in [5.74, 6) is 0.782. The van der Waals surface area contributed by atoms with Crippen LogP contribution in [0.3, 0.4) is 0 Å². The van der Waals surface area contributed by atoms with Gasteiger partial charge in [0.25, 0.3) is 0 Å². The van der Waals surface area contributed by atoms with Crippen LogP contribution in [-0.2, 0) is 11.3 Å². The SMILES string of the molecule is CN=C(NCc1ccc(C)cc1)NCC1(CCO)CCOC1.I. The fraction of sp³-hybridized carbons (Fsp3) is 0.588. The van der Waals surface area contributed by atoms with Crippen LogP contribution in [0, 0.1) is 12.3 Å². The molecule has 0 aliphatic carbocycles. The minimum absolute atomic E-state index is 0. The number of aliphatic hydroxyl groups is 1. The number of aryl methyl sites for hydroxylation is 1. The molecule has 1 aliphatic heterocycles. The van der Waals surface area contributed by atoms with Crippen molar-refractivity contribution >= 4 is 29.9 Å². The van der Waals surface area contributed by atoms with Gasteiger partial charge in [-0.3, -0.25) is 4.99 Å². The number of nitrogens with one attached hydrogen (secondary N) is 2. The quantitative estimate of drug-likeness (QED) is 0.365. The lowest BCUT2D eigenvalue weighted by Gasteiger charge is -2.27. The minimum atomic E-state index is 0. The summed E-state index contributed by atoms with van der Waals surface area (Å²) in [5.41, 5.74) is 2.51. The van der Waals surface area contributed by atoms with Crippen LogP contribution < -0.4 is 10.6 Å². The van der Waals surface area contributed by atoms with E-state index in [9.17, 15) is 5.11 Å². The Balaban J connectivity index is 0.00000264. The number of aliphatic hydroxyl groups excluding tert-OH is 1. The van der Waals surface area contributed by atoms with E-state index in [2.05, 4.69) is 46.8 Å². The van der Waals surface area contributed by atoms with E-state index in [0.29, 0.717) is 6.61 Å². The molecule has 5 nitrogen and oxygen atoms in total. The molecule has 1 aromatic rings. The largest absolute Gasteiger partial charge is 0.396 e. The number of guanidine groups is 1. The Morgan fingerprint density at radius 3 is 2.61 bits per heavy atom. The summed E-state index contributed by atoms with van der Waals surface area (Å²) in [4.78, 5) is 4.26. The van der Waals surface area contributed by atoms with Gasteiger partial charge in [0.2, 0.25) is 0 Å². The number of nitrogens with zero attached hydrogens (tertiary/aromatic N) is 1. The highest BCUT2D eigenvalue weighted by Gasteiger charge is 2.34. The van der Waals surface area contributed by atoms with Crippen LogP contribution in [0.5, 0.6) is 0 Å². The third-order valence-corrected chi connectivity index (χ3v) is 4.26. The van der Waals surface area contributed by atoms with E-state index in [1.165, 1.54) is 11.1 Å². The lowest BCUT2D eigenvalue weighted by Crippen LogP contribution is -2.44. The molecular formula is C17H28IN3O2.